The van der Waals surface area contributed by atoms with Crippen LogP contribution in [-0.4, -0.2) is 57.8 Å². The van der Waals surface area contributed by atoms with Crippen LogP contribution in [0.25, 0.3) is 22.4 Å². The lowest BCUT2D eigenvalue weighted by Gasteiger charge is -2.20. The number of para-hydroxylation sites is 1. The quantitative estimate of drug-likeness (QED) is 0.0286. The molecule has 5 N–H and O–H groups in total. The van der Waals surface area contributed by atoms with Crippen LogP contribution in [-0.2, 0) is 16.1 Å². The van der Waals surface area contributed by atoms with E-state index >= 15 is 0 Å². The predicted molar refractivity (Wildman–Crippen MR) is 264 cm³/mol. The van der Waals surface area contributed by atoms with Crippen molar-refractivity contribution < 1.29 is 29.0 Å². The largest absolute Gasteiger partial charge is 0.393 e. The normalized spacial score (nSPS) is 12.9. The zero-order valence-electron chi connectivity index (χ0n) is 38.4. The molecule has 10 heteroatoms. The van der Waals surface area contributed by atoms with Gasteiger partial charge in [-0.25, -0.2) is 4.39 Å². The van der Waals surface area contributed by atoms with Crippen molar-refractivity contribution in [1.29, 1.82) is 0 Å². The van der Waals surface area contributed by atoms with E-state index in [4.69, 9.17) is 0 Å². The molecular formula is C55H69FN4O5. The topological polar surface area (TPSA) is 133 Å². The number of nitrogens with zero attached hydrogens (tertiary/aromatic N) is 1. The highest BCUT2D eigenvalue weighted by atomic mass is 19.1. The molecule has 0 saturated carbocycles. The van der Waals surface area contributed by atoms with Crippen molar-refractivity contribution >= 4 is 23.4 Å². The molecule has 346 valence electrons. The molecule has 2 unspecified atom stereocenters. The summed E-state index contributed by atoms with van der Waals surface area (Å²) in [5.74, 6) is -1.28. The Balaban J connectivity index is 1.24. The molecule has 0 aliphatic heterocycles. The minimum absolute atomic E-state index is 0.0426. The first kappa shape index (κ1) is 51.5. The van der Waals surface area contributed by atoms with Crippen LogP contribution < -0.4 is 16.0 Å². The number of allylic oxidation sites excluding steroid dienone is 10. The summed E-state index contributed by atoms with van der Waals surface area (Å²) in [6.45, 7) is 6.92. The van der Waals surface area contributed by atoms with Gasteiger partial charge < -0.3 is 30.7 Å². The number of carbonyl (C=O) groups excluding carboxylic acids is 3. The van der Waals surface area contributed by atoms with Crippen molar-refractivity contribution in [3.63, 3.8) is 0 Å². The number of rotatable bonds is 28. The van der Waals surface area contributed by atoms with E-state index in [1.165, 1.54) is 12.1 Å². The van der Waals surface area contributed by atoms with E-state index in [-0.39, 0.29) is 68.4 Å². The number of aromatic nitrogens is 1. The standard InChI is InChI=1S/C55H69FN4O5/c1-4-5-6-7-8-9-10-11-12-13-14-15-16-17-18-19-26-31-49(63)57-37-38-58-50(64)41-48(62)40-47(61)36-39-60-53(42(2)3)52(55(65)59-46-29-24-21-25-30-46)51(43-27-22-20-23-28-43)54(60)44-32-34-45(56)35-33-44/h5-6,8-9,11-12,14-15,17-18,20-25,27-30,32-35,42,47-48,61-62H,4,7,10,13,16,19,26,31,36-41H2,1-3H3,(H,57,63)(H,58,64)(H,59,65). The number of unbranched alkanes of at least 4 members (excludes halogenated alkanes) is 1. The van der Waals surface area contributed by atoms with Crippen LogP contribution in [0.3, 0.4) is 0 Å². The molecule has 4 aromatic rings. The number of hydrogen-bond donors (Lipinski definition) is 5. The van der Waals surface area contributed by atoms with Gasteiger partial charge in [0.1, 0.15) is 5.82 Å². The number of anilines is 1. The fourth-order valence-corrected chi connectivity index (χ4v) is 7.53. The number of benzene rings is 3. The minimum Gasteiger partial charge on any atom is -0.393 e. The Morgan fingerprint density at radius 3 is 1.82 bits per heavy atom. The summed E-state index contributed by atoms with van der Waals surface area (Å²) in [7, 11) is 0. The third-order valence-electron chi connectivity index (χ3n) is 10.6. The molecule has 0 fully saturated rings. The third kappa shape index (κ3) is 18.5. The summed E-state index contributed by atoms with van der Waals surface area (Å²) in [5.41, 5.74) is 4.79. The molecule has 0 bridgehead atoms. The summed E-state index contributed by atoms with van der Waals surface area (Å²) in [4.78, 5) is 39.3. The van der Waals surface area contributed by atoms with Crippen molar-refractivity contribution in [1.82, 2.24) is 15.2 Å². The highest BCUT2D eigenvalue weighted by molar-refractivity contribution is 6.12. The molecule has 0 spiro atoms. The van der Waals surface area contributed by atoms with Crippen LogP contribution in [0.2, 0.25) is 0 Å². The van der Waals surface area contributed by atoms with Gasteiger partial charge in [0.05, 0.1) is 29.9 Å². The Labute approximate surface area is 386 Å². The summed E-state index contributed by atoms with van der Waals surface area (Å²) in [5, 5.41) is 30.7. The molecule has 3 aromatic carbocycles. The van der Waals surface area contributed by atoms with Crippen LogP contribution in [0.5, 0.6) is 0 Å². The van der Waals surface area contributed by atoms with Gasteiger partial charge in [0.15, 0.2) is 0 Å². The van der Waals surface area contributed by atoms with Gasteiger partial charge in [-0.15, -0.1) is 0 Å². The Hall–Kier alpha value is -6.10. The van der Waals surface area contributed by atoms with E-state index in [1.807, 2.05) is 79.1 Å². The maximum absolute atomic E-state index is 14.3. The van der Waals surface area contributed by atoms with Crippen LogP contribution in [0.1, 0.15) is 113 Å². The third-order valence-corrected chi connectivity index (χ3v) is 10.6. The molecule has 0 aliphatic carbocycles. The number of carbonyl (C=O) groups is 3. The van der Waals surface area contributed by atoms with Gasteiger partial charge in [-0.2, -0.15) is 0 Å². The molecule has 0 aliphatic rings. The average Bonchev–Trinajstić information content (AvgIpc) is 3.64. The number of hydrogen-bond acceptors (Lipinski definition) is 5. The molecular weight excluding hydrogens is 816 g/mol. The fraction of sp³-hybridized carbons (Fsp3) is 0.364. The lowest BCUT2D eigenvalue weighted by molar-refractivity contribution is -0.124. The highest BCUT2D eigenvalue weighted by Crippen LogP contribution is 2.42. The summed E-state index contributed by atoms with van der Waals surface area (Å²) < 4.78 is 16.3. The van der Waals surface area contributed by atoms with Crippen molar-refractivity contribution in [2.75, 3.05) is 18.4 Å². The Morgan fingerprint density at radius 1 is 0.677 bits per heavy atom. The summed E-state index contributed by atoms with van der Waals surface area (Å²) >= 11 is 0. The van der Waals surface area contributed by atoms with Gasteiger partial charge in [-0.1, -0.05) is 130 Å². The smallest absolute Gasteiger partial charge is 0.258 e. The van der Waals surface area contributed by atoms with E-state index in [0.29, 0.717) is 34.5 Å². The molecule has 0 saturated heterocycles. The van der Waals surface area contributed by atoms with Crippen LogP contribution in [0.15, 0.2) is 146 Å². The average molecular weight is 885 g/mol. The van der Waals surface area contributed by atoms with Crippen molar-refractivity contribution in [2.24, 2.45) is 0 Å². The maximum atomic E-state index is 14.3. The van der Waals surface area contributed by atoms with Crippen molar-refractivity contribution in [3.8, 4) is 22.4 Å². The molecule has 0 radical (unpaired) electrons. The van der Waals surface area contributed by atoms with Gasteiger partial charge in [0.2, 0.25) is 11.8 Å². The zero-order chi connectivity index (χ0) is 46.7. The summed E-state index contributed by atoms with van der Waals surface area (Å²) in [6, 6.07) is 25.0. The number of aliphatic hydroxyl groups excluding tert-OH is 2. The minimum atomic E-state index is -1.10. The van der Waals surface area contributed by atoms with Gasteiger partial charge in [-0.05, 0) is 111 Å². The Morgan fingerprint density at radius 2 is 1.23 bits per heavy atom. The molecule has 3 amide bonds. The van der Waals surface area contributed by atoms with Gasteiger partial charge in [0.25, 0.3) is 5.91 Å². The van der Waals surface area contributed by atoms with E-state index < -0.39 is 12.2 Å². The van der Waals surface area contributed by atoms with Crippen LogP contribution in [0, 0.1) is 5.82 Å². The highest BCUT2D eigenvalue weighted by Gasteiger charge is 2.31. The van der Waals surface area contributed by atoms with Gasteiger partial charge in [0, 0.05) is 43.0 Å². The first-order valence-corrected chi connectivity index (χ1v) is 23.2. The van der Waals surface area contributed by atoms with Gasteiger partial charge >= 0.3 is 0 Å². The van der Waals surface area contributed by atoms with E-state index in [2.05, 4.69) is 83.6 Å². The SMILES string of the molecule is CCC=CCC=CCC=CCC=CCC=CCCCC(=O)NCCNC(=O)CC(O)CC(O)CCn1c(-c2ccc(F)cc2)c(-c2ccccc2)c(C(=O)Nc2ccccc2)c1C(C)C. The van der Waals surface area contributed by atoms with E-state index in [0.717, 1.165) is 56.2 Å². The predicted octanol–water partition coefficient (Wildman–Crippen LogP) is 11.4. The lowest BCUT2D eigenvalue weighted by Crippen LogP contribution is -2.36. The first-order chi connectivity index (χ1) is 31.6. The van der Waals surface area contributed by atoms with E-state index in [9.17, 15) is 29.0 Å². The second-order valence-corrected chi connectivity index (χ2v) is 16.3. The number of amides is 3. The molecule has 1 aromatic heterocycles. The molecule has 65 heavy (non-hydrogen) atoms. The monoisotopic (exact) mass is 885 g/mol. The first-order valence-electron chi connectivity index (χ1n) is 23.2. The fourth-order valence-electron chi connectivity index (χ4n) is 7.53. The van der Waals surface area contributed by atoms with E-state index in [1.54, 1.807) is 12.1 Å². The van der Waals surface area contributed by atoms with Crippen LogP contribution in [0.4, 0.5) is 10.1 Å². The molecule has 9 nitrogen and oxygen atoms in total. The number of aliphatic hydroxyl groups is 2. The van der Waals surface area contributed by atoms with Crippen molar-refractivity contribution in [3.05, 3.63) is 163 Å². The zero-order valence-corrected chi connectivity index (χ0v) is 38.4. The Bertz CT molecular complexity index is 2190. The lowest BCUT2D eigenvalue weighted by atomic mass is 9.94. The maximum Gasteiger partial charge on any atom is 0.258 e. The summed E-state index contributed by atoms with van der Waals surface area (Å²) in [6.07, 6.45) is 26.2. The molecule has 2 atom stereocenters. The second-order valence-electron chi connectivity index (χ2n) is 16.3. The molecule has 1 heterocycles. The van der Waals surface area contributed by atoms with Gasteiger partial charge in [-0.3, -0.25) is 14.4 Å². The molecule has 4 rings (SSSR count). The number of halogens is 1. The second kappa shape index (κ2) is 29.4. The van der Waals surface area contributed by atoms with Crippen molar-refractivity contribution in [2.45, 2.75) is 116 Å². The van der Waals surface area contributed by atoms with Crippen LogP contribution >= 0.6 is 0 Å². The Kier molecular flexibility index (Phi) is 23.3. The number of nitrogens with one attached hydrogen (secondary N) is 3.